The first-order valence-electron chi connectivity index (χ1n) is 5.82. The summed E-state index contributed by atoms with van der Waals surface area (Å²) in [5, 5.41) is 3.54. The van der Waals surface area contributed by atoms with Crippen LogP contribution < -0.4 is 5.32 Å². The van der Waals surface area contributed by atoms with Crippen LogP contribution in [0.3, 0.4) is 0 Å². The predicted molar refractivity (Wildman–Crippen MR) is 79.0 cm³/mol. The molecule has 2 rings (SSSR count). The Labute approximate surface area is 121 Å². The van der Waals surface area contributed by atoms with Crippen LogP contribution in [0.4, 0.5) is 0 Å². The molecule has 0 saturated heterocycles. The summed E-state index contributed by atoms with van der Waals surface area (Å²) in [7, 11) is 0. The number of nitrogens with one attached hydrogen (secondary N) is 2. The molecular weight excluding hydrogens is 280 g/mol. The minimum absolute atomic E-state index is 0.138. The van der Waals surface area contributed by atoms with E-state index in [1.165, 1.54) is 0 Å². The molecule has 3 nitrogen and oxygen atoms in total. The van der Waals surface area contributed by atoms with Gasteiger partial charge in [0, 0.05) is 11.2 Å². The zero-order chi connectivity index (χ0) is 13.8. The third-order valence-corrected chi connectivity index (χ3v) is 3.33. The number of H-pyrrole nitrogens is 1. The van der Waals surface area contributed by atoms with E-state index in [0.29, 0.717) is 15.2 Å². The van der Waals surface area contributed by atoms with Gasteiger partial charge in [-0.05, 0) is 36.8 Å². The van der Waals surface area contributed by atoms with Crippen molar-refractivity contribution < 1.29 is 4.79 Å². The summed E-state index contributed by atoms with van der Waals surface area (Å²) in [6.07, 6.45) is 1.69. The van der Waals surface area contributed by atoms with Crippen LogP contribution in [0.1, 0.15) is 28.9 Å². The molecule has 1 aromatic carbocycles. The molecule has 2 aromatic rings. The molecule has 5 heteroatoms. The van der Waals surface area contributed by atoms with Gasteiger partial charge >= 0.3 is 0 Å². The lowest BCUT2D eigenvalue weighted by molar-refractivity contribution is 0.0939. The molecule has 98 valence electrons. The molecule has 1 heterocycles. The molecule has 0 spiro atoms. The fourth-order valence-electron chi connectivity index (χ4n) is 1.73. The van der Waals surface area contributed by atoms with Crippen LogP contribution in [0, 0.1) is 4.64 Å². The number of halogens is 1. The van der Waals surface area contributed by atoms with Gasteiger partial charge in [-0.15, -0.1) is 0 Å². The number of carbonyl (C=O) groups is 1. The number of hydrogen-bond donors (Lipinski definition) is 2. The summed E-state index contributed by atoms with van der Waals surface area (Å²) in [5.74, 6) is -0.200. The maximum absolute atomic E-state index is 12.1. The number of aromatic amines is 1. The van der Waals surface area contributed by atoms with Gasteiger partial charge < -0.3 is 10.3 Å². The van der Waals surface area contributed by atoms with Crippen LogP contribution in [0.25, 0.3) is 0 Å². The maximum Gasteiger partial charge on any atom is 0.254 e. The van der Waals surface area contributed by atoms with Crippen molar-refractivity contribution in [2.75, 3.05) is 0 Å². The third-order valence-electron chi connectivity index (χ3n) is 2.76. The number of hydrogen-bond acceptors (Lipinski definition) is 2. The second-order valence-electron chi connectivity index (χ2n) is 4.16. The van der Waals surface area contributed by atoms with E-state index in [9.17, 15) is 4.79 Å². The van der Waals surface area contributed by atoms with Gasteiger partial charge in [-0.25, -0.2) is 0 Å². The van der Waals surface area contributed by atoms with Crippen molar-refractivity contribution in [1.29, 1.82) is 0 Å². The molecule has 0 saturated carbocycles. The molecule has 1 atom stereocenters. The molecular formula is C14H13ClN2OS. The molecule has 0 aliphatic rings. The van der Waals surface area contributed by atoms with Crippen LogP contribution >= 0.6 is 23.8 Å². The van der Waals surface area contributed by atoms with Crippen molar-refractivity contribution >= 4 is 29.7 Å². The zero-order valence-corrected chi connectivity index (χ0v) is 11.9. The molecule has 19 heavy (non-hydrogen) atoms. The van der Waals surface area contributed by atoms with Gasteiger partial charge in [0.25, 0.3) is 5.91 Å². The fourth-order valence-corrected chi connectivity index (χ4v) is 2.16. The lowest BCUT2D eigenvalue weighted by Gasteiger charge is -2.14. The standard InChI is InChI=1S/C14H13ClN2OS/c1-9(10-4-2-5-11(15)8-10)17-13(18)12-6-3-7-16-14(12)19/h2-9H,1H3,(H,16,19)(H,17,18). The summed E-state index contributed by atoms with van der Waals surface area (Å²) < 4.78 is 0.429. The summed E-state index contributed by atoms with van der Waals surface area (Å²) >= 11 is 11.0. The number of rotatable bonds is 3. The van der Waals surface area contributed by atoms with Gasteiger partial charge in [0.05, 0.1) is 11.6 Å². The first-order chi connectivity index (χ1) is 9.08. The highest BCUT2D eigenvalue weighted by Gasteiger charge is 2.12. The average Bonchev–Trinajstić information content (AvgIpc) is 2.39. The van der Waals surface area contributed by atoms with E-state index in [2.05, 4.69) is 10.3 Å². The Bertz CT molecular complexity index is 654. The van der Waals surface area contributed by atoms with Crippen LogP contribution in [0.5, 0.6) is 0 Å². The van der Waals surface area contributed by atoms with E-state index in [0.717, 1.165) is 5.56 Å². The minimum atomic E-state index is -0.200. The summed E-state index contributed by atoms with van der Waals surface area (Å²) in [4.78, 5) is 14.9. The summed E-state index contributed by atoms with van der Waals surface area (Å²) in [5.41, 5.74) is 1.41. The maximum atomic E-state index is 12.1. The van der Waals surface area contributed by atoms with E-state index in [1.807, 2.05) is 25.1 Å². The van der Waals surface area contributed by atoms with E-state index >= 15 is 0 Å². The van der Waals surface area contributed by atoms with Crippen molar-refractivity contribution in [2.24, 2.45) is 0 Å². The molecule has 0 radical (unpaired) electrons. The zero-order valence-electron chi connectivity index (χ0n) is 10.3. The van der Waals surface area contributed by atoms with Crippen molar-refractivity contribution in [1.82, 2.24) is 10.3 Å². The Hall–Kier alpha value is -1.65. The number of aromatic nitrogens is 1. The van der Waals surface area contributed by atoms with E-state index < -0.39 is 0 Å². The SMILES string of the molecule is CC(NC(=O)c1ccc[nH]c1=S)c1cccc(Cl)c1. The topological polar surface area (TPSA) is 44.9 Å². The number of amides is 1. The Morgan fingerprint density at radius 1 is 1.37 bits per heavy atom. The van der Waals surface area contributed by atoms with E-state index in [1.54, 1.807) is 24.4 Å². The van der Waals surface area contributed by atoms with Crippen LogP contribution in [0.15, 0.2) is 42.6 Å². The number of pyridine rings is 1. The van der Waals surface area contributed by atoms with E-state index in [4.69, 9.17) is 23.8 Å². The van der Waals surface area contributed by atoms with Gasteiger partial charge in [0.15, 0.2) is 0 Å². The Balaban J connectivity index is 2.16. The summed E-state index contributed by atoms with van der Waals surface area (Å²) in [6.45, 7) is 1.90. The van der Waals surface area contributed by atoms with Crippen molar-refractivity contribution in [3.05, 3.63) is 63.4 Å². The van der Waals surface area contributed by atoms with Crippen LogP contribution in [-0.2, 0) is 0 Å². The highest BCUT2D eigenvalue weighted by atomic mass is 35.5. The van der Waals surface area contributed by atoms with Crippen LogP contribution in [0.2, 0.25) is 5.02 Å². The Morgan fingerprint density at radius 2 is 2.16 bits per heavy atom. The predicted octanol–water partition coefficient (Wildman–Crippen LogP) is 3.89. The molecule has 1 unspecified atom stereocenters. The Kier molecular flexibility index (Phi) is 4.35. The molecule has 1 aromatic heterocycles. The largest absolute Gasteiger partial charge is 0.352 e. The third kappa shape index (κ3) is 3.43. The highest BCUT2D eigenvalue weighted by molar-refractivity contribution is 7.71. The molecule has 2 N–H and O–H groups in total. The monoisotopic (exact) mass is 292 g/mol. The van der Waals surface area contributed by atoms with E-state index in [-0.39, 0.29) is 11.9 Å². The fraction of sp³-hybridized carbons (Fsp3) is 0.143. The van der Waals surface area contributed by atoms with Crippen molar-refractivity contribution in [3.63, 3.8) is 0 Å². The van der Waals surface area contributed by atoms with Crippen LogP contribution in [-0.4, -0.2) is 10.9 Å². The molecule has 0 aliphatic carbocycles. The molecule has 1 amide bonds. The first-order valence-corrected chi connectivity index (χ1v) is 6.60. The second-order valence-corrected chi connectivity index (χ2v) is 5.01. The average molecular weight is 293 g/mol. The summed E-state index contributed by atoms with van der Waals surface area (Å²) in [6, 6.07) is 10.7. The smallest absolute Gasteiger partial charge is 0.254 e. The van der Waals surface area contributed by atoms with Crippen molar-refractivity contribution in [3.8, 4) is 0 Å². The lowest BCUT2D eigenvalue weighted by atomic mass is 10.1. The molecule has 0 aliphatic heterocycles. The van der Waals surface area contributed by atoms with Gasteiger partial charge in [-0.1, -0.05) is 36.0 Å². The lowest BCUT2D eigenvalue weighted by Crippen LogP contribution is -2.27. The first kappa shape index (κ1) is 13.8. The molecule has 0 bridgehead atoms. The second kappa shape index (κ2) is 5.99. The van der Waals surface area contributed by atoms with Gasteiger partial charge in [-0.2, -0.15) is 0 Å². The normalized spacial score (nSPS) is 11.9. The quantitative estimate of drug-likeness (QED) is 0.843. The molecule has 0 fully saturated rings. The van der Waals surface area contributed by atoms with Gasteiger partial charge in [0.2, 0.25) is 0 Å². The minimum Gasteiger partial charge on any atom is -0.352 e. The number of benzene rings is 1. The highest BCUT2D eigenvalue weighted by Crippen LogP contribution is 2.17. The van der Waals surface area contributed by atoms with Gasteiger partial charge in [0.1, 0.15) is 4.64 Å². The van der Waals surface area contributed by atoms with Crippen molar-refractivity contribution in [2.45, 2.75) is 13.0 Å². The number of carbonyl (C=O) groups excluding carboxylic acids is 1. The van der Waals surface area contributed by atoms with Gasteiger partial charge in [-0.3, -0.25) is 4.79 Å². The Morgan fingerprint density at radius 3 is 2.84 bits per heavy atom.